The number of carbonyl (C=O) groups is 1. The molecule has 0 spiro atoms. The Morgan fingerprint density at radius 3 is 2.39 bits per heavy atom. The smallest absolute Gasteiger partial charge is 0.225 e. The number of nitrogens with zero attached hydrogens (tertiary/aromatic N) is 1. The van der Waals surface area contributed by atoms with E-state index >= 15 is 0 Å². The topological polar surface area (TPSA) is 57.8 Å². The summed E-state index contributed by atoms with van der Waals surface area (Å²) >= 11 is 0. The number of nitrogens with one attached hydrogen (secondary N) is 2. The molecule has 0 bridgehead atoms. The summed E-state index contributed by atoms with van der Waals surface area (Å²) in [6, 6.07) is 14.6. The van der Waals surface area contributed by atoms with Crippen molar-refractivity contribution in [3.05, 3.63) is 125 Å². The molecule has 0 radical (unpaired) electrons. The van der Waals surface area contributed by atoms with Crippen molar-refractivity contribution in [1.29, 1.82) is 0 Å². The highest BCUT2D eigenvalue weighted by molar-refractivity contribution is 5.89. The van der Waals surface area contributed by atoms with Crippen molar-refractivity contribution >= 4 is 16.8 Å². The molecule has 2 heterocycles. The van der Waals surface area contributed by atoms with E-state index in [1.54, 1.807) is 43.6 Å². The fourth-order valence-electron chi connectivity index (χ4n) is 4.75. The highest BCUT2D eigenvalue weighted by atomic mass is 19.1. The van der Waals surface area contributed by atoms with Crippen molar-refractivity contribution in [2.24, 2.45) is 0 Å². The number of carbonyl (C=O) groups excluding carboxylic acids is 1. The van der Waals surface area contributed by atoms with Crippen molar-refractivity contribution < 1.29 is 22.4 Å². The Morgan fingerprint density at radius 2 is 1.63 bits per heavy atom. The molecule has 0 aliphatic rings. The van der Waals surface area contributed by atoms with Gasteiger partial charge in [-0.3, -0.25) is 9.78 Å². The van der Waals surface area contributed by atoms with Crippen molar-refractivity contribution in [2.75, 3.05) is 0 Å². The van der Waals surface area contributed by atoms with Crippen LogP contribution in [0.15, 0.2) is 79.1 Å². The van der Waals surface area contributed by atoms with Crippen LogP contribution in [0.1, 0.15) is 28.4 Å². The summed E-state index contributed by atoms with van der Waals surface area (Å²) in [5.74, 6) is -2.66. The molecule has 8 heteroatoms. The Morgan fingerprint density at radius 1 is 0.895 bits per heavy atom. The SMILES string of the molecule is Cc1cc(F)ccc1-c1cccnc1[C@H](Cc1cc(F)cc(F)c1)NC(=O)Cc1c[nH]c2ccc(F)cc12. The fourth-order valence-corrected chi connectivity index (χ4v) is 4.75. The summed E-state index contributed by atoms with van der Waals surface area (Å²) in [7, 11) is 0. The maximum Gasteiger partial charge on any atom is 0.225 e. The first-order chi connectivity index (χ1) is 18.3. The van der Waals surface area contributed by atoms with Gasteiger partial charge in [-0.25, -0.2) is 17.6 Å². The van der Waals surface area contributed by atoms with Crippen molar-refractivity contribution in [3.63, 3.8) is 0 Å². The lowest BCUT2D eigenvalue weighted by Crippen LogP contribution is -2.32. The van der Waals surface area contributed by atoms with Crippen LogP contribution >= 0.6 is 0 Å². The quantitative estimate of drug-likeness (QED) is 0.235. The van der Waals surface area contributed by atoms with Gasteiger partial charge < -0.3 is 10.3 Å². The largest absolute Gasteiger partial charge is 0.361 e. The molecule has 5 aromatic rings. The van der Waals surface area contributed by atoms with Crippen LogP contribution in [0.2, 0.25) is 0 Å². The van der Waals surface area contributed by atoms with Gasteiger partial charge >= 0.3 is 0 Å². The third-order valence-electron chi connectivity index (χ3n) is 6.43. The van der Waals surface area contributed by atoms with Gasteiger partial charge in [-0.2, -0.15) is 0 Å². The lowest BCUT2D eigenvalue weighted by molar-refractivity contribution is -0.121. The predicted octanol–water partition coefficient (Wildman–Crippen LogP) is 6.74. The van der Waals surface area contributed by atoms with E-state index in [-0.39, 0.29) is 24.6 Å². The number of benzene rings is 3. The molecule has 0 fully saturated rings. The third kappa shape index (κ3) is 5.44. The second kappa shape index (κ2) is 10.5. The number of fused-ring (bicyclic) bond motifs is 1. The van der Waals surface area contributed by atoms with Gasteiger partial charge in [0.25, 0.3) is 0 Å². The number of aromatic nitrogens is 2. The second-order valence-corrected chi connectivity index (χ2v) is 9.18. The first-order valence-electron chi connectivity index (χ1n) is 12.0. The number of amides is 1. The standard InChI is InChI=1S/C30H23F4N3O/c1-17-9-20(31)4-6-24(17)25-3-2-8-35-30(25)28(12-18-10-22(33)14-23(34)11-18)37-29(38)13-19-16-36-27-7-5-21(32)15-26(19)27/h2-11,14-16,28,36H,12-13H2,1H3,(H,37,38)/t28-/m0/s1. The molecular weight excluding hydrogens is 494 g/mol. The molecule has 0 unspecified atom stereocenters. The average Bonchev–Trinajstić information content (AvgIpc) is 3.24. The second-order valence-electron chi connectivity index (χ2n) is 9.18. The first kappa shape index (κ1) is 25.2. The van der Waals surface area contributed by atoms with E-state index in [4.69, 9.17) is 0 Å². The van der Waals surface area contributed by atoms with Crippen molar-refractivity contribution in [2.45, 2.75) is 25.8 Å². The van der Waals surface area contributed by atoms with Gasteiger partial charge in [-0.1, -0.05) is 12.1 Å². The van der Waals surface area contributed by atoms with E-state index < -0.39 is 23.5 Å². The Bertz CT molecular complexity index is 1630. The van der Waals surface area contributed by atoms with E-state index in [2.05, 4.69) is 15.3 Å². The molecule has 2 aromatic heterocycles. The predicted molar refractivity (Wildman–Crippen MR) is 137 cm³/mol. The minimum absolute atomic E-state index is 0.0488. The van der Waals surface area contributed by atoms with E-state index in [0.717, 1.165) is 6.07 Å². The average molecular weight is 518 g/mol. The molecule has 2 N–H and O–H groups in total. The number of halogens is 4. The molecule has 0 saturated carbocycles. The maximum absolute atomic E-state index is 14.0. The maximum atomic E-state index is 14.0. The van der Waals surface area contributed by atoms with E-state index in [0.29, 0.717) is 44.4 Å². The zero-order chi connectivity index (χ0) is 26.8. The molecule has 0 aliphatic heterocycles. The van der Waals surface area contributed by atoms with Crippen LogP contribution < -0.4 is 5.32 Å². The minimum atomic E-state index is -0.772. The van der Waals surface area contributed by atoms with Crippen molar-refractivity contribution in [3.8, 4) is 11.1 Å². The third-order valence-corrected chi connectivity index (χ3v) is 6.43. The molecule has 1 atom stereocenters. The van der Waals surface area contributed by atoms with Crippen LogP contribution in [0.4, 0.5) is 17.6 Å². The Kier molecular flexibility index (Phi) is 6.96. The Labute approximate surface area is 216 Å². The van der Waals surface area contributed by atoms with Crippen LogP contribution in [0.25, 0.3) is 22.0 Å². The van der Waals surface area contributed by atoms with Crippen LogP contribution in [0.5, 0.6) is 0 Å². The minimum Gasteiger partial charge on any atom is -0.361 e. The molecule has 192 valence electrons. The molecule has 1 amide bonds. The van der Waals surface area contributed by atoms with E-state index in [9.17, 15) is 22.4 Å². The number of rotatable bonds is 7. The Hall–Kier alpha value is -4.46. The number of hydrogen-bond acceptors (Lipinski definition) is 2. The van der Waals surface area contributed by atoms with Crippen LogP contribution in [0.3, 0.4) is 0 Å². The van der Waals surface area contributed by atoms with Gasteiger partial charge in [0.1, 0.15) is 23.3 Å². The monoisotopic (exact) mass is 517 g/mol. The first-order valence-corrected chi connectivity index (χ1v) is 12.0. The van der Waals surface area contributed by atoms with Gasteiger partial charge in [-0.05, 0) is 84.1 Å². The number of H-pyrrole nitrogens is 1. The van der Waals surface area contributed by atoms with Crippen LogP contribution in [-0.4, -0.2) is 15.9 Å². The zero-order valence-electron chi connectivity index (χ0n) is 20.4. The lowest BCUT2D eigenvalue weighted by atomic mass is 9.93. The van der Waals surface area contributed by atoms with Gasteiger partial charge in [-0.15, -0.1) is 0 Å². The summed E-state index contributed by atoms with van der Waals surface area (Å²) in [5, 5.41) is 3.54. The van der Waals surface area contributed by atoms with Crippen LogP contribution in [-0.2, 0) is 17.6 Å². The van der Waals surface area contributed by atoms with Crippen LogP contribution in [0, 0.1) is 30.2 Å². The molecule has 38 heavy (non-hydrogen) atoms. The molecule has 0 aliphatic carbocycles. The molecule has 0 saturated heterocycles. The van der Waals surface area contributed by atoms with E-state index in [1.165, 1.54) is 36.4 Å². The summed E-state index contributed by atoms with van der Waals surface area (Å²) in [5.41, 5.74) is 4.12. The highest BCUT2D eigenvalue weighted by Gasteiger charge is 2.23. The number of hydrogen-bond donors (Lipinski definition) is 2. The summed E-state index contributed by atoms with van der Waals surface area (Å²) in [4.78, 5) is 20.8. The molecule has 4 nitrogen and oxygen atoms in total. The lowest BCUT2D eigenvalue weighted by Gasteiger charge is -2.22. The molecular formula is C30H23F4N3O. The number of pyridine rings is 1. The van der Waals surface area contributed by atoms with Gasteiger partial charge in [0.15, 0.2) is 0 Å². The summed E-state index contributed by atoms with van der Waals surface area (Å²) in [6.07, 6.45) is 3.20. The van der Waals surface area contributed by atoms with Gasteiger partial charge in [0.2, 0.25) is 5.91 Å². The number of aromatic amines is 1. The van der Waals surface area contributed by atoms with Gasteiger partial charge in [0, 0.05) is 34.9 Å². The molecule has 5 rings (SSSR count). The van der Waals surface area contributed by atoms with E-state index in [1.807, 2.05) is 0 Å². The summed E-state index contributed by atoms with van der Waals surface area (Å²) < 4.78 is 55.6. The van der Waals surface area contributed by atoms with Crippen molar-refractivity contribution in [1.82, 2.24) is 15.3 Å². The summed E-state index contributed by atoms with van der Waals surface area (Å²) in [6.45, 7) is 1.76. The normalized spacial score (nSPS) is 12.0. The highest BCUT2D eigenvalue weighted by Crippen LogP contribution is 2.32. The molecule has 3 aromatic carbocycles. The van der Waals surface area contributed by atoms with Gasteiger partial charge in [0.05, 0.1) is 18.2 Å². The number of aryl methyl sites for hydroxylation is 1. The Balaban J connectivity index is 1.52. The zero-order valence-corrected chi connectivity index (χ0v) is 20.4. The fraction of sp³-hybridized carbons (Fsp3) is 0.133.